The van der Waals surface area contributed by atoms with Crippen LogP contribution in [0.3, 0.4) is 0 Å². The summed E-state index contributed by atoms with van der Waals surface area (Å²) in [6.07, 6.45) is 1.10. The Kier molecular flexibility index (Phi) is 7.82. The van der Waals surface area contributed by atoms with Crippen LogP contribution in [0.2, 0.25) is 0 Å². The number of hydrogen-bond acceptors (Lipinski definition) is 3. The minimum atomic E-state index is 0.459. The zero-order chi connectivity index (χ0) is 14.1. The summed E-state index contributed by atoms with van der Waals surface area (Å²) in [5.41, 5.74) is 0. The smallest absolute Gasteiger partial charge is 0.191 e. The van der Waals surface area contributed by atoms with Gasteiger partial charge in [-0.05, 0) is 19.3 Å². The van der Waals surface area contributed by atoms with E-state index in [2.05, 4.69) is 41.3 Å². The largest absolute Gasteiger partial charge is 0.379 e. The SMILES string of the molecule is CCC(C)NC(=NC)NCC(C)CN1CCOCC1. The zero-order valence-electron chi connectivity index (χ0n) is 12.9. The van der Waals surface area contributed by atoms with Gasteiger partial charge in [-0.2, -0.15) is 0 Å². The number of ether oxygens (including phenoxy) is 1. The third-order valence-corrected chi connectivity index (χ3v) is 3.51. The lowest BCUT2D eigenvalue weighted by Gasteiger charge is -2.29. The molecule has 2 atom stereocenters. The molecule has 1 rings (SSSR count). The van der Waals surface area contributed by atoms with Crippen LogP contribution in [0.25, 0.3) is 0 Å². The lowest BCUT2D eigenvalue weighted by Crippen LogP contribution is -2.45. The molecule has 1 aliphatic rings. The summed E-state index contributed by atoms with van der Waals surface area (Å²) in [6.45, 7) is 12.6. The first kappa shape index (κ1) is 16.2. The van der Waals surface area contributed by atoms with Crippen LogP contribution in [-0.4, -0.2) is 63.3 Å². The van der Waals surface area contributed by atoms with Crippen molar-refractivity contribution in [2.24, 2.45) is 10.9 Å². The first-order valence-corrected chi connectivity index (χ1v) is 7.43. The highest BCUT2D eigenvalue weighted by atomic mass is 16.5. The molecule has 1 fully saturated rings. The summed E-state index contributed by atoms with van der Waals surface area (Å²) < 4.78 is 5.37. The number of aliphatic imine (C=N–C) groups is 1. The maximum atomic E-state index is 5.37. The first-order chi connectivity index (χ1) is 9.15. The van der Waals surface area contributed by atoms with Crippen LogP contribution < -0.4 is 10.6 Å². The van der Waals surface area contributed by atoms with Gasteiger partial charge >= 0.3 is 0 Å². The highest BCUT2D eigenvalue weighted by molar-refractivity contribution is 5.79. The maximum absolute atomic E-state index is 5.37. The second kappa shape index (κ2) is 9.15. The lowest BCUT2D eigenvalue weighted by atomic mass is 10.1. The van der Waals surface area contributed by atoms with E-state index in [-0.39, 0.29) is 0 Å². The highest BCUT2D eigenvalue weighted by Crippen LogP contribution is 2.02. The van der Waals surface area contributed by atoms with Crippen molar-refractivity contribution in [3.63, 3.8) is 0 Å². The van der Waals surface area contributed by atoms with Crippen LogP contribution in [0.1, 0.15) is 27.2 Å². The Morgan fingerprint density at radius 2 is 2.00 bits per heavy atom. The van der Waals surface area contributed by atoms with Crippen molar-refractivity contribution >= 4 is 5.96 Å². The standard InChI is InChI=1S/C14H30N4O/c1-5-13(3)17-14(15-4)16-10-12(2)11-18-6-8-19-9-7-18/h12-13H,5-11H2,1-4H3,(H2,15,16,17). The van der Waals surface area contributed by atoms with Gasteiger partial charge in [-0.1, -0.05) is 13.8 Å². The molecule has 1 heterocycles. The van der Waals surface area contributed by atoms with Gasteiger partial charge in [0, 0.05) is 39.3 Å². The number of guanidine groups is 1. The molecule has 19 heavy (non-hydrogen) atoms. The molecule has 0 spiro atoms. The molecule has 0 amide bonds. The molecule has 2 unspecified atom stereocenters. The van der Waals surface area contributed by atoms with Gasteiger partial charge in [0.25, 0.3) is 0 Å². The van der Waals surface area contributed by atoms with Gasteiger partial charge in [0.05, 0.1) is 13.2 Å². The highest BCUT2D eigenvalue weighted by Gasteiger charge is 2.14. The summed E-state index contributed by atoms with van der Waals surface area (Å²) in [4.78, 5) is 6.73. The van der Waals surface area contributed by atoms with E-state index in [0.29, 0.717) is 12.0 Å². The van der Waals surface area contributed by atoms with Gasteiger partial charge in [0.15, 0.2) is 5.96 Å². The van der Waals surface area contributed by atoms with Crippen LogP contribution in [0, 0.1) is 5.92 Å². The van der Waals surface area contributed by atoms with E-state index in [4.69, 9.17) is 4.74 Å². The fourth-order valence-corrected chi connectivity index (χ4v) is 2.09. The molecule has 2 N–H and O–H groups in total. The van der Waals surface area contributed by atoms with E-state index in [1.807, 2.05) is 7.05 Å². The van der Waals surface area contributed by atoms with Crippen molar-refractivity contribution in [1.82, 2.24) is 15.5 Å². The van der Waals surface area contributed by atoms with Gasteiger partial charge in [-0.3, -0.25) is 9.89 Å². The number of hydrogen-bond donors (Lipinski definition) is 2. The summed E-state index contributed by atoms with van der Waals surface area (Å²) in [5, 5.41) is 6.79. The molecule has 5 heteroatoms. The third kappa shape index (κ3) is 6.78. The van der Waals surface area contributed by atoms with Crippen LogP contribution in [0.4, 0.5) is 0 Å². The molecule has 5 nitrogen and oxygen atoms in total. The number of nitrogens with zero attached hydrogens (tertiary/aromatic N) is 2. The lowest BCUT2D eigenvalue weighted by molar-refractivity contribution is 0.0320. The summed E-state index contributed by atoms with van der Waals surface area (Å²) in [6, 6.07) is 0.459. The predicted molar refractivity (Wildman–Crippen MR) is 80.7 cm³/mol. The number of morpholine rings is 1. The average Bonchev–Trinajstić information content (AvgIpc) is 2.44. The molecule has 0 aliphatic carbocycles. The van der Waals surface area contributed by atoms with Crippen molar-refractivity contribution in [2.75, 3.05) is 46.4 Å². The molecule has 0 radical (unpaired) electrons. The van der Waals surface area contributed by atoms with Crippen molar-refractivity contribution in [3.8, 4) is 0 Å². The fourth-order valence-electron chi connectivity index (χ4n) is 2.09. The summed E-state index contributed by atoms with van der Waals surface area (Å²) in [5.74, 6) is 1.51. The topological polar surface area (TPSA) is 48.9 Å². The van der Waals surface area contributed by atoms with Gasteiger partial charge in [0.2, 0.25) is 0 Å². The fraction of sp³-hybridized carbons (Fsp3) is 0.929. The van der Waals surface area contributed by atoms with E-state index in [9.17, 15) is 0 Å². The molecule has 0 aromatic heterocycles. The number of nitrogens with one attached hydrogen (secondary N) is 2. The Balaban J connectivity index is 2.21. The van der Waals surface area contributed by atoms with Crippen LogP contribution >= 0.6 is 0 Å². The Hall–Kier alpha value is -0.810. The predicted octanol–water partition coefficient (Wildman–Crippen LogP) is 0.918. The van der Waals surface area contributed by atoms with Crippen molar-refractivity contribution in [3.05, 3.63) is 0 Å². The van der Waals surface area contributed by atoms with E-state index in [1.54, 1.807) is 0 Å². The normalized spacial score (nSPS) is 20.9. The average molecular weight is 270 g/mol. The van der Waals surface area contributed by atoms with E-state index in [1.165, 1.54) is 0 Å². The molecular weight excluding hydrogens is 240 g/mol. The maximum Gasteiger partial charge on any atom is 0.191 e. The van der Waals surface area contributed by atoms with Gasteiger partial charge < -0.3 is 15.4 Å². The van der Waals surface area contributed by atoms with Crippen molar-refractivity contribution < 1.29 is 4.74 Å². The molecule has 1 saturated heterocycles. The first-order valence-electron chi connectivity index (χ1n) is 7.43. The summed E-state index contributed by atoms with van der Waals surface area (Å²) in [7, 11) is 1.82. The molecular formula is C14H30N4O. The quantitative estimate of drug-likeness (QED) is 0.556. The second-order valence-electron chi connectivity index (χ2n) is 5.42. The molecule has 112 valence electrons. The molecule has 0 bridgehead atoms. The van der Waals surface area contributed by atoms with E-state index in [0.717, 1.165) is 51.8 Å². The van der Waals surface area contributed by atoms with Gasteiger partial charge in [-0.15, -0.1) is 0 Å². The molecule has 0 aromatic carbocycles. The monoisotopic (exact) mass is 270 g/mol. The Labute approximate surface area is 117 Å². The minimum Gasteiger partial charge on any atom is -0.379 e. The second-order valence-corrected chi connectivity index (χ2v) is 5.42. The van der Waals surface area contributed by atoms with Crippen LogP contribution in [0.5, 0.6) is 0 Å². The summed E-state index contributed by atoms with van der Waals surface area (Å²) >= 11 is 0. The third-order valence-electron chi connectivity index (χ3n) is 3.51. The minimum absolute atomic E-state index is 0.459. The Morgan fingerprint density at radius 3 is 2.58 bits per heavy atom. The van der Waals surface area contributed by atoms with Crippen LogP contribution in [0.15, 0.2) is 4.99 Å². The van der Waals surface area contributed by atoms with Crippen LogP contribution in [-0.2, 0) is 4.74 Å². The van der Waals surface area contributed by atoms with Crippen molar-refractivity contribution in [2.45, 2.75) is 33.2 Å². The van der Waals surface area contributed by atoms with E-state index >= 15 is 0 Å². The Morgan fingerprint density at radius 1 is 1.32 bits per heavy atom. The Bertz CT molecular complexity index is 264. The van der Waals surface area contributed by atoms with Crippen molar-refractivity contribution in [1.29, 1.82) is 0 Å². The van der Waals surface area contributed by atoms with Gasteiger partial charge in [-0.25, -0.2) is 0 Å². The van der Waals surface area contributed by atoms with Gasteiger partial charge in [0.1, 0.15) is 0 Å². The number of rotatable bonds is 6. The zero-order valence-corrected chi connectivity index (χ0v) is 12.9. The molecule has 0 aromatic rings. The molecule has 1 aliphatic heterocycles. The van der Waals surface area contributed by atoms with E-state index < -0.39 is 0 Å². The molecule has 0 saturated carbocycles.